The van der Waals surface area contributed by atoms with Crippen molar-refractivity contribution in [2.24, 2.45) is 11.8 Å². The van der Waals surface area contributed by atoms with Gasteiger partial charge in [-0.25, -0.2) is 4.98 Å². The predicted octanol–water partition coefficient (Wildman–Crippen LogP) is 4.02. The highest BCUT2D eigenvalue weighted by molar-refractivity contribution is 7.14. The molecule has 1 aliphatic carbocycles. The second kappa shape index (κ2) is 8.14. The first-order chi connectivity index (χ1) is 14.3. The van der Waals surface area contributed by atoms with E-state index in [0.717, 1.165) is 22.4 Å². The number of hydrogen-bond acceptors (Lipinski definition) is 5. The Morgan fingerprint density at radius 1 is 1.10 bits per heavy atom. The fourth-order valence-electron chi connectivity index (χ4n) is 4.51. The zero-order chi connectivity index (χ0) is 21.4. The van der Waals surface area contributed by atoms with Crippen molar-refractivity contribution in [3.63, 3.8) is 0 Å². The largest absolute Gasteiger partial charge is 0.302 e. The summed E-state index contributed by atoms with van der Waals surface area (Å²) < 4.78 is 0. The van der Waals surface area contributed by atoms with Gasteiger partial charge in [-0.05, 0) is 44.7 Å². The average Bonchev–Trinajstić information content (AvgIpc) is 3.23. The number of nitrogens with zero attached hydrogens (tertiary/aromatic N) is 2. The first-order valence-electron chi connectivity index (χ1n) is 10.2. The lowest BCUT2D eigenvalue weighted by Crippen LogP contribution is -2.34. The summed E-state index contributed by atoms with van der Waals surface area (Å²) in [5.74, 6) is -1.06. The number of aromatic nitrogens is 1. The lowest BCUT2D eigenvalue weighted by atomic mass is 9.85. The summed E-state index contributed by atoms with van der Waals surface area (Å²) in [7, 11) is 0. The van der Waals surface area contributed by atoms with Crippen LogP contribution in [-0.4, -0.2) is 34.2 Å². The van der Waals surface area contributed by atoms with Gasteiger partial charge < -0.3 is 5.32 Å². The number of carbonyl (C=O) groups excluding carboxylic acids is 3. The molecule has 0 radical (unpaired) electrons. The smallest absolute Gasteiger partial charge is 0.233 e. The molecule has 0 saturated carbocycles. The number of fused-ring (bicyclic) bond motifs is 1. The van der Waals surface area contributed by atoms with Crippen LogP contribution in [0.5, 0.6) is 0 Å². The van der Waals surface area contributed by atoms with Crippen LogP contribution in [0.2, 0.25) is 0 Å². The molecule has 0 bridgehead atoms. The summed E-state index contributed by atoms with van der Waals surface area (Å²) in [6.07, 6.45) is 5.21. The van der Waals surface area contributed by atoms with Crippen LogP contribution in [0.25, 0.3) is 11.3 Å². The Labute approximate surface area is 180 Å². The molecule has 2 aliphatic rings. The molecule has 1 aromatic heterocycles. The molecule has 1 N–H and O–H groups in total. The minimum Gasteiger partial charge on any atom is -0.302 e. The Kier molecular flexibility index (Phi) is 5.56. The van der Waals surface area contributed by atoms with Crippen molar-refractivity contribution >= 4 is 34.2 Å². The lowest BCUT2D eigenvalue weighted by Gasteiger charge is -2.14. The van der Waals surface area contributed by atoms with Gasteiger partial charge >= 0.3 is 0 Å². The normalized spacial score (nSPS) is 20.6. The zero-order valence-electron chi connectivity index (χ0n) is 17.4. The highest BCUT2D eigenvalue weighted by atomic mass is 32.1. The number of carbonyl (C=O) groups is 3. The molecule has 0 spiro atoms. The molecule has 6 nitrogen and oxygen atoms in total. The molecule has 1 saturated heterocycles. The van der Waals surface area contributed by atoms with Crippen LogP contribution in [0, 0.1) is 32.6 Å². The van der Waals surface area contributed by atoms with Crippen LogP contribution in [-0.2, 0) is 14.4 Å². The number of aryl methyl sites for hydroxylation is 3. The number of imide groups is 1. The minimum atomic E-state index is -0.256. The second-order valence-electron chi connectivity index (χ2n) is 8.09. The van der Waals surface area contributed by atoms with Gasteiger partial charge in [-0.2, -0.15) is 0 Å². The molecule has 1 aliphatic heterocycles. The molecular formula is C23H25N3O3S. The third kappa shape index (κ3) is 3.81. The van der Waals surface area contributed by atoms with Gasteiger partial charge in [-0.3, -0.25) is 19.3 Å². The molecular weight excluding hydrogens is 398 g/mol. The Bertz CT molecular complexity index is 1010. The molecule has 30 heavy (non-hydrogen) atoms. The molecule has 1 aromatic carbocycles. The maximum absolute atomic E-state index is 12.5. The molecule has 2 aromatic rings. The van der Waals surface area contributed by atoms with Gasteiger partial charge in [0.05, 0.1) is 17.5 Å². The second-order valence-corrected chi connectivity index (χ2v) is 8.95. The number of rotatable bonds is 5. The van der Waals surface area contributed by atoms with Crippen LogP contribution >= 0.6 is 11.3 Å². The van der Waals surface area contributed by atoms with E-state index in [1.165, 1.54) is 21.8 Å². The number of hydrogen-bond donors (Lipinski definition) is 1. The van der Waals surface area contributed by atoms with Gasteiger partial charge in [0.1, 0.15) is 0 Å². The fourth-order valence-corrected chi connectivity index (χ4v) is 5.23. The first kappa shape index (κ1) is 20.5. The molecule has 2 heterocycles. The Hall–Kier alpha value is -2.80. The van der Waals surface area contributed by atoms with Crippen molar-refractivity contribution < 1.29 is 14.4 Å². The van der Waals surface area contributed by atoms with Crippen molar-refractivity contribution in [2.75, 3.05) is 11.9 Å². The lowest BCUT2D eigenvalue weighted by molar-refractivity contribution is -0.140. The number of benzene rings is 1. The van der Waals surface area contributed by atoms with E-state index in [1.54, 1.807) is 0 Å². The highest BCUT2D eigenvalue weighted by Crippen LogP contribution is 2.35. The van der Waals surface area contributed by atoms with Crippen LogP contribution in [0.15, 0.2) is 29.7 Å². The topological polar surface area (TPSA) is 79.4 Å². The van der Waals surface area contributed by atoms with Gasteiger partial charge in [0.15, 0.2) is 5.13 Å². The van der Waals surface area contributed by atoms with Gasteiger partial charge in [0, 0.05) is 23.9 Å². The quantitative estimate of drug-likeness (QED) is 0.582. The monoisotopic (exact) mass is 423 g/mol. The van der Waals surface area contributed by atoms with E-state index in [0.29, 0.717) is 18.0 Å². The van der Waals surface area contributed by atoms with Crippen molar-refractivity contribution in [1.82, 2.24) is 9.88 Å². The highest BCUT2D eigenvalue weighted by Gasteiger charge is 2.46. The number of allylic oxidation sites excluding steroid dienone is 2. The van der Waals surface area contributed by atoms with E-state index >= 15 is 0 Å². The van der Waals surface area contributed by atoms with Crippen LogP contribution < -0.4 is 5.32 Å². The molecule has 4 rings (SSSR count). The summed E-state index contributed by atoms with van der Waals surface area (Å²) >= 11 is 1.37. The number of likely N-dealkylation sites (tertiary alicyclic amines) is 1. The van der Waals surface area contributed by atoms with Crippen molar-refractivity contribution in [2.45, 2.75) is 40.0 Å². The summed E-state index contributed by atoms with van der Waals surface area (Å²) in [6, 6.07) is 4.24. The number of thiazole rings is 1. The third-order valence-corrected chi connectivity index (χ3v) is 6.60. The zero-order valence-corrected chi connectivity index (χ0v) is 18.2. The van der Waals surface area contributed by atoms with Crippen molar-refractivity contribution in [3.8, 4) is 11.3 Å². The number of nitrogens with one attached hydrogen (secondary N) is 1. The van der Waals surface area contributed by atoms with Crippen LogP contribution in [0.4, 0.5) is 5.13 Å². The van der Waals surface area contributed by atoms with E-state index in [1.807, 2.05) is 17.5 Å². The summed E-state index contributed by atoms with van der Waals surface area (Å²) in [5.41, 5.74) is 5.43. The number of amides is 3. The first-order valence-corrected chi connectivity index (χ1v) is 11.1. The van der Waals surface area contributed by atoms with Gasteiger partial charge in [0.25, 0.3) is 0 Å². The van der Waals surface area contributed by atoms with E-state index in [2.05, 4.69) is 43.2 Å². The molecule has 1 fully saturated rings. The Morgan fingerprint density at radius 3 is 2.30 bits per heavy atom. The molecule has 0 unspecified atom stereocenters. The van der Waals surface area contributed by atoms with Crippen LogP contribution in [0.1, 0.15) is 36.0 Å². The third-order valence-electron chi connectivity index (χ3n) is 5.85. The van der Waals surface area contributed by atoms with E-state index in [-0.39, 0.29) is 42.5 Å². The average molecular weight is 424 g/mol. The van der Waals surface area contributed by atoms with Gasteiger partial charge in [-0.15, -0.1) is 11.3 Å². The van der Waals surface area contributed by atoms with E-state index in [9.17, 15) is 14.4 Å². The Morgan fingerprint density at radius 2 is 1.70 bits per heavy atom. The van der Waals surface area contributed by atoms with Gasteiger partial charge in [0.2, 0.25) is 17.7 Å². The number of anilines is 1. The molecule has 3 amide bonds. The maximum Gasteiger partial charge on any atom is 0.233 e. The van der Waals surface area contributed by atoms with E-state index < -0.39 is 0 Å². The molecule has 7 heteroatoms. The van der Waals surface area contributed by atoms with Crippen LogP contribution in [0.3, 0.4) is 0 Å². The molecule has 156 valence electrons. The van der Waals surface area contributed by atoms with Crippen molar-refractivity contribution in [1.29, 1.82) is 0 Å². The predicted molar refractivity (Wildman–Crippen MR) is 117 cm³/mol. The standard InChI is InChI=1S/C23H25N3O3S/c1-13-10-14(2)20(15(3)11-13)18-12-30-23(24-18)25-19(27)8-9-26-21(28)16-6-4-5-7-17(16)22(26)29/h4-5,10-12,16-17H,6-9H2,1-3H3,(H,24,25,27)/t16-,17-/m0/s1. The van der Waals surface area contributed by atoms with Crippen molar-refractivity contribution in [3.05, 3.63) is 46.4 Å². The van der Waals surface area contributed by atoms with E-state index in [4.69, 9.17) is 0 Å². The minimum absolute atomic E-state index is 0.0713. The maximum atomic E-state index is 12.5. The van der Waals surface area contributed by atoms with Gasteiger partial charge in [-0.1, -0.05) is 29.8 Å². The molecule has 2 atom stereocenters. The Balaban J connectivity index is 1.38. The SMILES string of the molecule is Cc1cc(C)c(-c2csc(NC(=O)CCN3C(=O)[C@H]4CC=CC[C@@H]4C3=O)n2)c(C)c1. The summed E-state index contributed by atoms with van der Waals surface area (Å²) in [5, 5.41) is 5.26. The summed E-state index contributed by atoms with van der Waals surface area (Å²) in [6.45, 7) is 6.30. The summed E-state index contributed by atoms with van der Waals surface area (Å²) in [4.78, 5) is 43.2. The fraction of sp³-hybridized carbons (Fsp3) is 0.391.